The minimum absolute atomic E-state index is 0.683. The molecule has 0 spiro atoms. The summed E-state index contributed by atoms with van der Waals surface area (Å²) >= 11 is 7.29. The van der Waals surface area contributed by atoms with Crippen LogP contribution < -0.4 is 0 Å². The van der Waals surface area contributed by atoms with Gasteiger partial charge in [-0.3, -0.25) is 4.90 Å². The Hall–Kier alpha value is -0.190. The largest absolute Gasteiger partial charge is 0.294 e. The van der Waals surface area contributed by atoms with Crippen molar-refractivity contribution in [2.75, 3.05) is 6.54 Å². The van der Waals surface area contributed by atoms with E-state index in [9.17, 15) is 0 Å². The van der Waals surface area contributed by atoms with Crippen molar-refractivity contribution in [2.24, 2.45) is 5.92 Å². The van der Waals surface area contributed by atoms with E-state index in [2.05, 4.69) is 28.3 Å². The second-order valence-electron chi connectivity index (χ2n) is 4.42. The summed E-state index contributed by atoms with van der Waals surface area (Å²) in [6.07, 6.45) is 2.59. The predicted molar refractivity (Wildman–Crippen MR) is 63.2 cm³/mol. The van der Waals surface area contributed by atoms with Crippen LogP contribution in [0.15, 0.2) is 0 Å². The van der Waals surface area contributed by atoms with E-state index in [-0.39, 0.29) is 0 Å². The van der Waals surface area contributed by atoms with Crippen LogP contribution in [0, 0.1) is 5.92 Å². The highest BCUT2D eigenvalue weighted by Crippen LogP contribution is 2.27. The van der Waals surface area contributed by atoms with E-state index in [1.165, 1.54) is 24.4 Å². The maximum Gasteiger partial charge on any atom is 0.138 e. The van der Waals surface area contributed by atoms with Gasteiger partial charge in [0.05, 0.1) is 0 Å². The van der Waals surface area contributed by atoms with Crippen LogP contribution in [-0.2, 0) is 6.54 Å². The zero-order valence-electron chi connectivity index (χ0n) is 9.11. The molecule has 0 aromatic carbocycles. The number of nitrogens with zero attached hydrogens (tertiary/aromatic N) is 3. The molecule has 0 saturated carbocycles. The summed E-state index contributed by atoms with van der Waals surface area (Å²) in [4.78, 5) is 2.48. The highest BCUT2D eigenvalue weighted by molar-refractivity contribution is 7.10. The number of rotatable bonds is 3. The minimum Gasteiger partial charge on any atom is -0.294 e. The lowest BCUT2D eigenvalue weighted by molar-refractivity contribution is 0.197. The van der Waals surface area contributed by atoms with Crippen LogP contribution in [-0.4, -0.2) is 27.1 Å². The summed E-state index contributed by atoms with van der Waals surface area (Å²) in [6.45, 7) is 6.59. The van der Waals surface area contributed by atoms with Gasteiger partial charge in [0.1, 0.15) is 10.0 Å². The molecule has 2 rings (SSSR count). The highest BCUT2D eigenvalue weighted by Gasteiger charge is 2.27. The fourth-order valence-electron chi connectivity index (χ4n) is 2.29. The smallest absolute Gasteiger partial charge is 0.138 e. The Morgan fingerprint density at radius 1 is 1.60 bits per heavy atom. The molecule has 0 amide bonds. The van der Waals surface area contributed by atoms with Gasteiger partial charge in [0.25, 0.3) is 0 Å². The predicted octanol–water partition coefficient (Wildman–Crippen LogP) is 2.81. The number of likely N-dealkylation sites (tertiary alicyclic amines) is 1. The van der Waals surface area contributed by atoms with Crippen molar-refractivity contribution in [3.8, 4) is 0 Å². The highest BCUT2D eigenvalue weighted by atomic mass is 35.5. The molecule has 1 saturated heterocycles. The van der Waals surface area contributed by atoms with Gasteiger partial charge in [0.15, 0.2) is 0 Å². The molecule has 0 aliphatic carbocycles. The lowest BCUT2D eigenvalue weighted by Crippen LogP contribution is -2.33. The molecule has 1 unspecified atom stereocenters. The Labute approximate surface area is 99.6 Å². The molecule has 3 nitrogen and oxygen atoms in total. The number of aromatic nitrogens is 2. The first-order chi connectivity index (χ1) is 7.18. The summed E-state index contributed by atoms with van der Waals surface area (Å²) in [6, 6.07) is 0.683. The average Bonchev–Trinajstić information content (AvgIpc) is 2.77. The van der Waals surface area contributed by atoms with E-state index in [1.807, 2.05) is 0 Å². The van der Waals surface area contributed by atoms with Gasteiger partial charge >= 0.3 is 0 Å². The van der Waals surface area contributed by atoms with Crippen LogP contribution in [0.4, 0.5) is 0 Å². The molecule has 1 aliphatic heterocycles. The van der Waals surface area contributed by atoms with Crippen molar-refractivity contribution in [1.29, 1.82) is 0 Å². The molecule has 1 atom stereocenters. The standard InChI is InChI=1S/C10H16ClN3S/c1-7(2)9-4-3-5-14(9)6-8-10(11)15-13-12-8/h7,9H,3-6H2,1-2H3. The molecule has 1 aromatic rings. The van der Waals surface area contributed by atoms with E-state index < -0.39 is 0 Å². The molecule has 1 aliphatic rings. The molecule has 0 radical (unpaired) electrons. The molecular weight excluding hydrogens is 230 g/mol. The van der Waals surface area contributed by atoms with Crippen molar-refractivity contribution >= 4 is 23.1 Å². The summed E-state index contributed by atoms with van der Waals surface area (Å²) in [5, 5.41) is 4.07. The van der Waals surface area contributed by atoms with Gasteiger partial charge in [-0.05, 0) is 25.3 Å². The van der Waals surface area contributed by atoms with Gasteiger partial charge in [-0.1, -0.05) is 29.9 Å². The van der Waals surface area contributed by atoms with Crippen molar-refractivity contribution in [1.82, 2.24) is 14.5 Å². The van der Waals surface area contributed by atoms with Crippen molar-refractivity contribution < 1.29 is 0 Å². The van der Waals surface area contributed by atoms with E-state index in [0.717, 1.165) is 23.1 Å². The van der Waals surface area contributed by atoms with Crippen LogP contribution in [0.5, 0.6) is 0 Å². The zero-order chi connectivity index (χ0) is 10.8. The van der Waals surface area contributed by atoms with Gasteiger partial charge in [0, 0.05) is 24.1 Å². The monoisotopic (exact) mass is 245 g/mol. The third-order valence-electron chi connectivity index (χ3n) is 3.05. The summed E-state index contributed by atoms with van der Waals surface area (Å²) in [5.74, 6) is 0.706. The molecule has 5 heteroatoms. The average molecular weight is 246 g/mol. The fraction of sp³-hybridized carbons (Fsp3) is 0.800. The van der Waals surface area contributed by atoms with Gasteiger partial charge in [0.2, 0.25) is 0 Å². The maximum absolute atomic E-state index is 6.01. The second kappa shape index (κ2) is 4.76. The summed E-state index contributed by atoms with van der Waals surface area (Å²) in [7, 11) is 0. The normalized spacial score (nSPS) is 22.8. The van der Waals surface area contributed by atoms with Gasteiger partial charge < -0.3 is 0 Å². The number of hydrogen-bond acceptors (Lipinski definition) is 4. The Morgan fingerprint density at radius 3 is 3.00 bits per heavy atom. The van der Waals surface area contributed by atoms with E-state index in [1.54, 1.807) is 0 Å². The van der Waals surface area contributed by atoms with E-state index in [4.69, 9.17) is 11.6 Å². The molecule has 1 fully saturated rings. The SMILES string of the molecule is CC(C)C1CCCN1Cc1nnsc1Cl. The lowest BCUT2D eigenvalue weighted by Gasteiger charge is -2.26. The Morgan fingerprint density at radius 2 is 2.40 bits per heavy atom. The Balaban J connectivity index is 2.02. The van der Waals surface area contributed by atoms with Crippen molar-refractivity contribution in [3.05, 3.63) is 10.0 Å². The molecule has 0 bridgehead atoms. The summed E-state index contributed by atoms with van der Waals surface area (Å²) < 4.78 is 4.61. The molecule has 15 heavy (non-hydrogen) atoms. The van der Waals surface area contributed by atoms with Gasteiger partial charge in [-0.2, -0.15) is 0 Å². The fourth-order valence-corrected chi connectivity index (χ4v) is 2.90. The Kier molecular flexibility index (Phi) is 3.59. The van der Waals surface area contributed by atoms with Crippen molar-refractivity contribution in [3.63, 3.8) is 0 Å². The first-order valence-corrected chi connectivity index (χ1v) is 6.54. The topological polar surface area (TPSA) is 29.0 Å². The van der Waals surface area contributed by atoms with Crippen LogP contribution in [0.25, 0.3) is 0 Å². The third-order valence-corrected chi connectivity index (χ3v) is 4.03. The molecule has 0 N–H and O–H groups in total. The quantitative estimate of drug-likeness (QED) is 0.820. The van der Waals surface area contributed by atoms with E-state index >= 15 is 0 Å². The minimum atomic E-state index is 0.683. The first-order valence-electron chi connectivity index (χ1n) is 5.39. The van der Waals surface area contributed by atoms with Gasteiger partial charge in [-0.15, -0.1) is 5.10 Å². The third kappa shape index (κ3) is 2.49. The number of halogens is 1. The molecule has 1 aromatic heterocycles. The maximum atomic E-state index is 6.01. The molecule has 84 valence electrons. The zero-order valence-corrected chi connectivity index (χ0v) is 10.7. The van der Waals surface area contributed by atoms with Crippen molar-refractivity contribution in [2.45, 2.75) is 39.3 Å². The second-order valence-corrected chi connectivity index (χ2v) is 5.77. The number of hydrogen-bond donors (Lipinski definition) is 0. The van der Waals surface area contributed by atoms with Crippen LogP contribution in [0.2, 0.25) is 4.34 Å². The van der Waals surface area contributed by atoms with Crippen LogP contribution in [0.1, 0.15) is 32.4 Å². The first kappa shape index (κ1) is 11.3. The molecule has 2 heterocycles. The lowest BCUT2D eigenvalue weighted by atomic mass is 10.0. The van der Waals surface area contributed by atoms with E-state index in [0.29, 0.717) is 12.0 Å². The van der Waals surface area contributed by atoms with Crippen LogP contribution in [0.3, 0.4) is 0 Å². The molecular formula is C10H16ClN3S. The summed E-state index contributed by atoms with van der Waals surface area (Å²) in [5.41, 5.74) is 0.939. The van der Waals surface area contributed by atoms with Crippen LogP contribution >= 0.6 is 23.1 Å². The van der Waals surface area contributed by atoms with Gasteiger partial charge in [-0.25, -0.2) is 0 Å². The Bertz CT molecular complexity index is 326.